The van der Waals surface area contributed by atoms with Crippen molar-refractivity contribution in [3.05, 3.63) is 52.8 Å². The van der Waals surface area contributed by atoms with E-state index >= 15 is 0 Å². The highest BCUT2D eigenvalue weighted by Gasteiger charge is 2.27. The number of rotatable bonds is 5. The van der Waals surface area contributed by atoms with Crippen molar-refractivity contribution in [3.63, 3.8) is 0 Å². The first kappa shape index (κ1) is 18.8. The van der Waals surface area contributed by atoms with Gasteiger partial charge in [0.05, 0.1) is 18.3 Å². The summed E-state index contributed by atoms with van der Waals surface area (Å²) in [5.41, 5.74) is 1.63. The monoisotopic (exact) mass is 368 g/mol. The minimum Gasteiger partial charge on any atom is -0.338 e. The van der Waals surface area contributed by atoms with Gasteiger partial charge in [-0.1, -0.05) is 29.8 Å². The number of benzene rings is 1. The van der Waals surface area contributed by atoms with Gasteiger partial charge in [0.1, 0.15) is 0 Å². The van der Waals surface area contributed by atoms with Crippen LogP contribution in [0.5, 0.6) is 0 Å². The number of hydrogen-bond donors (Lipinski definition) is 1. The quantitative estimate of drug-likeness (QED) is 0.882. The number of nitrogens with zero attached hydrogens (tertiary/aromatic N) is 3. The smallest absolute Gasteiger partial charge is 0.257 e. The van der Waals surface area contributed by atoms with Gasteiger partial charge in [-0.2, -0.15) is 5.10 Å². The molecule has 5 nitrogen and oxygen atoms in total. The summed E-state index contributed by atoms with van der Waals surface area (Å²) in [4.78, 5) is 14.5. The standard InChI is InChI=1S/C17H21ClN4O.ClH/c1-19-8-13-6-7-21(10-13)17(23)15-9-20-22(12-15)11-14-4-2-3-5-16(14)18;/h2-5,9,12-13,19H,6-8,10-11H2,1H3;1H. The Morgan fingerprint density at radius 2 is 2.21 bits per heavy atom. The topological polar surface area (TPSA) is 50.2 Å². The van der Waals surface area contributed by atoms with Gasteiger partial charge in [-0.3, -0.25) is 9.48 Å². The van der Waals surface area contributed by atoms with E-state index in [9.17, 15) is 4.79 Å². The molecule has 1 saturated heterocycles. The molecule has 0 bridgehead atoms. The number of halogens is 2. The van der Waals surface area contributed by atoms with Crippen LogP contribution in [0.1, 0.15) is 22.3 Å². The number of nitrogens with one attached hydrogen (secondary N) is 1. The summed E-state index contributed by atoms with van der Waals surface area (Å²) in [5.74, 6) is 0.608. The number of carbonyl (C=O) groups excluding carboxylic acids is 1. The Morgan fingerprint density at radius 3 is 2.96 bits per heavy atom. The summed E-state index contributed by atoms with van der Waals surface area (Å²) in [6, 6.07) is 7.68. The van der Waals surface area contributed by atoms with Gasteiger partial charge in [-0.25, -0.2) is 0 Å². The number of hydrogen-bond acceptors (Lipinski definition) is 3. The van der Waals surface area contributed by atoms with Crippen molar-refractivity contribution in [1.82, 2.24) is 20.0 Å². The Balaban J connectivity index is 0.00000208. The molecule has 0 aliphatic carbocycles. The fourth-order valence-corrected chi connectivity index (χ4v) is 3.21. The molecule has 1 fully saturated rings. The van der Waals surface area contributed by atoms with Gasteiger partial charge in [0.25, 0.3) is 5.91 Å². The summed E-state index contributed by atoms with van der Waals surface area (Å²) >= 11 is 6.17. The molecule has 3 rings (SSSR count). The number of aromatic nitrogens is 2. The molecule has 24 heavy (non-hydrogen) atoms. The molecule has 130 valence electrons. The summed E-state index contributed by atoms with van der Waals surface area (Å²) in [6.45, 7) is 3.15. The maximum absolute atomic E-state index is 12.6. The van der Waals surface area contributed by atoms with Crippen LogP contribution in [0.3, 0.4) is 0 Å². The first-order valence-electron chi connectivity index (χ1n) is 7.87. The van der Waals surface area contributed by atoms with E-state index in [2.05, 4.69) is 10.4 Å². The van der Waals surface area contributed by atoms with Gasteiger partial charge in [0.15, 0.2) is 0 Å². The van der Waals surface area contributed by atoms with Crippen LogP contribution in [0, 0.1) is 5.92 Å². The van der Waals surface area contributed by atoms with Gasteiger partial charge in [-0.15, -0.1) is 12.4 Å². The van der Waals surface area contributed by atoms with Crippen molar-refractivity contribution < 1.29 is 4.79 Å². The lowest BCUT2D eigenvalue weighted by atomic mass is 10.1. The van der Waals surface area contributed by atoms with E-state index in [0.717, 1.165) is 31.6 Å². The predicted molar refractivity (Wildman–Crippen MR) is 98.0 cm³/mol. The van der Waals surface area contributed by atoms with Crippen LogP contribution in [-0.2, 0) is 6.54 Å². The van der Waals surface area contributed by atoms with Crippen molar-refractivity contribution in [2.45, 2.75) is 13.0 Å². The third-order valence-electron chi connectivity index (χ3n) is 4.24. The van der Waals surface area contributed by atoms with Gasteiger partial charge in [-0.05, 0) is 37.6 Å². The van der Waals surface area contributed by atoms with Gasteiger partial charge < -0.3 is 10.2 Å². The predicted octanol–water partition coefficient (Wildman–Crippen LogP) is 2.69. The summed E-state index contributed by atoms with van der Waals surface area (Å²) in [7, 11) is 1.95. The largest absolute Gasteiger partial charge is 0.338 e. The second kappa shape index (κ2) is 8.51. The van der Waals surface area contributed by atoms with Crippen LogP contribution < -0.4 is 5.32 Å². The lowest BCUT2D eigenvalue weighted by Crippen LogP contribution is -2.30. The highest BCUT2D eigenvalue weighted by molar-refractivity contribution is 6.31. The molecule has 1 aromatic heterocycles. The Kier molecular flexibility index (Phi) is 6.66. The molecule has 7 heteroatoms. The van der Waals surface area contributed by atoms with E-state index in [1.165, 1.54) is 0 Å². The normalized spacial score (nSPS) is 16.9. The Morgan fingerprint density at radius 1 is 1.42 bits per heavy atom. The number of carbonyl (C=O) groups is 1. The molecule has 2 aromatic rings. The summed E-state index contributed by atoms with van der Waals surface area (Å²) < 4.78 is 1.76. The minimum atomic E-state index is 0. The highest BCUT2D eigenvalue weighted by Crippen LogP contribution is 2.19. The van der Waals surface area contributed by atoms with E-state index < -0.39 is 0 Å². The molecular weight excluding hydrogens is 347 g/mol. The molecule has 1 aliphatic rings. The summed E-state index contributed by atoms with van der Waals surface area (Å²) in [5, 5.41) is 8.19. The van der Waals surface area contributed by atoms with Crippen LogP contribution in [0.15, 0.2) is 36.7 Å². The average Bonchev–Trinajstić information content (AvgIpc) is 3.19. The van der Waals surface area contributed by atoms with E-state index in [4.69, 9.17) is 11.6 Å². The highest BCUT2D eigenvalue weighted by atomic mass is 35.5. The molecule has 1 atom stereocenters. The van der Waals surface area contributed by atoms with Crippen molar-refractivity contribution in [2.24, 2.45) is 5.92 Å². The zero-order valence-electron chi connectivity index (χ0n) is 13.6. The summed E-state index contributed by atoms with van der Waals surface area (Å²) in [6.07, 6.45) is 4.50. The van der Waals surface area contributed by atoms with Crippen molar-refractivity contribution in [3.8, 4) is 0 Å². The number of amides is 1. The Hall–Kier alpha value is -1.56. The zero-order chi connectivity index (χ0) is 16.2. The second-order valence-corrected chi connectivity index (χ2v) is 6.39. The molecule has 1 amide bonds. The SMILES string of the molecule is CNCC1CCN(C(=O)c2cnn(Cc3ccccc3Cl)c2)C1.Cl. The van der Waals surface area contributed by atoms with E-state index in [0.29, 0.717) is 23.0 Å². The first-order valence-corrected chi connectivity index (χ1v) is 8.25. The minimum absolute atomic E-state index is 0. The Labute approximate surface area is 153 Å². The molecule has 0 spiro atoms. The van der Waals surface area contributed by atoms with Gasteiger partial charge >= 0.3 is 0 Å². The van der Waals surface area contributed by atoms with Crippen LogP contribution in [0.4, 0.5) is 0 Å². The van der Waals surface area contributed by atoms with Crippen molar-refractivity contribution in [1.29, 1.82) is 0 Å². The van der Waals surface area contributed by atoms with Crippen LogP contribution in [0.25, 0.3) is 0 Å². The third-order valence-corrected chi connectivity index (χ3v) is 4.60. The van der Waals surface area contributed by atoms with Gasteiger partial charge in [0.2, 0.25) is 0 Å². The van der Waals surface area contributed by atoms with Crippen molar-refractivity contribution in [2.75, 3.05) is 26.7 Å². The molecule has 1 aromatic carbocycles. The second-order valence-electron chi connectivity index (χ2n) is 5.98. The maximum atomic E-state index is 12.6. The molecule has 2 heterocycles. The van der Waals surface area contributed by atoms with Crippen LogP contribution in [0.2, 0.25) is 5.02 Å². The fourth-order valence-electron chi connectivity index (χ4n) is 3.02. The van der Waals surface area contributed by atoms with E-state index in [1.54, 1.807) is 17.1 Å². The van der Waals surface area contributed by atoms with Gasteiger partial charge in [0, 0.05) is 24.3 Å². The fraction of sp³-hybridized carbons (Fsp3) is 0.412. The van der Waals surface area contributed by atoms with E-state index in [1.807, 2.05) is 36.2 Å². The maximum Gasteiger partial charge on any atom is 0.257 e. The zero-order valence-corrected chi connectivity index (χ0v) is 15.2. The van der Waals surface area contributed by atoms with Crippen LogP contribution in [-0.4, -0.2) is 47.3 Å². The lowest BCUT2D eigenvalue weighted by molar-refractivity contribution is 0.0787. The molecular formula is C17H22Cl2N4O. The lowest BCUT2D eigenvalue weighted by Gasteiger charge is -2.15. The van der Waals surface area contributed by atoms with Crippen LogP contribution >= 0.6 is 24.0 Å². The molecule has 0 saturated carbocycles. The molecule has 0 radical (unpaired) electrons. The molecule has 1 aliphatic heterocycles. The van der Waals surface area contributed by atoms with E-state index in [-0.39, 0.29) is 18.3 Å². The molecule has 1 unspecified atom stereocenters. The first-order chi connectivity index (χ1) is 11.2. The molecule has 1 N–H and O–H groups in total. The third kappa shape index (κ3) is 4.29. The van der Waals surface area contributed by atoms with Crippen molar-refractivity contribution >= 4 is 29.9 Å². The Bertz CT molecular complexity index is 689. The average molecular weight is 369 g/mol. The number of likely N-dealkylation sites (tertiary alicyclic amines) is 1.